The molecule has 0 aliphatic carbocycles. The molecular weight excluding hydrogens is 342 g/mol. The van der Waals surface area contributed by atoms with Gasteiger partial charge < -0.3 is 18.8 Å². The highest BCUT2D eigenvalue weighted by Gasteiger charge is 2.15. The van der Waals surface area contributed by atoms with E-state index in [-0.39, 0.29) is 11.5 Å². The van der Waals surface area contributed by atoms with Crippen molar-refractivity contribution < 1.29 is 14.2 Å². The highest BCUT2D eigenvalue weighted by Crippen LogP contribution is 2.33. The van der Waals surface area contributed by atoms with Crippen LogP contribution < -0.4 is 10.3 Å². The summed E-state index contributed by atoms with van der Waals surface area (Å²) >= 11 is 0. The average molecular weight is 365 g/mol. The van der Waals surface area contributed by atoms with Crippen LogP contribution in [0.15, 0.2) is 59.5 Å². The van der Waals surface area contributed by atoms with Gasteiger partial charge in [0, 0.05) is 25.2 Å². The Bertz CT molecular complexity index is 987. The Kier molecular flexibility index (Phi) is 5.23. The lowest BCUT2D eigenvalue weighted by Crippen LogP contribution is -2.20. The van der Waals surface area contributed by atoms with Crippen LogP contribution in [0.25, 0.3) is 21.9 Å². The summed E-state index contributed by atoms with van der Waals surface area (Å²) in [5.41, 5.74) is 2.01. The Morgan fingerprint density at radius 2 is 1.85 bits per heavy atom. The van der Waals surface area contributed by atoms with Crippen molar-refractivity contribution in [1.29, 1.82) is 0 Å². The van der Waals surface area contributed by atoms with E-state index in [0.717, 1.165) is 27.6 Å². The monoisotopic (exact) mass is 365 g/mol. The second kappa shape index (κ2) is 7.94. The van der Waals surface area contributed by atoms with E-state index in [1.54, 1.807) is 17.7 Å². The van der Waals surface area contributed by atoms with Crippen molar-refractivity contribution in [3.05, 3.63) is 65.1 Å². The number of nitrogens with zero attached hydrogens (tertiary/aromatic N) is 1. The first kappa shape index (κ1) is 17.8. The molecule has 0 radical (unpaired) electrons. The number of pyridine rings is 1. The zero-order valence-corrected chi connectivity index (χ0v) is 15.4. The first-order valence-electron chi connectivity index (χ1n) is 9.19. The third-order valence-electron chi connectivity index (χ3n) is 4.80. The number of fused-ring (bicyclic) bond motifs is 1. The van der Waals surface area contributed by atoms with Gasteiger partial charge in [0.05, 0.1) is 33.0 Å². The average Bonchev–Trinajstić information content (AvgIpc) is 2.97. The molecule has 5 heteroatoms. The smallest absolute Gasteiger partial charge is 0.250 e. The van der Waals surface area contributed by atoms with Gasteiger partial charge in [-0.15, -0.1) is 0 Å². The van der Waals surface area contributed by atoms with Crippen molar-refractivity contribution in [1.82, 2.24) is 4.57 Å². The summed E-state index contributed by atoms with van der Waals surface area (Å²) in [5, 5.41) is 2.23. The Balaban J connectivity index is 1.67. The maximum Gasteiger partial charge on any atom is 0.250 e. The zero-order chi connectivity index (χ0) is 18.6. The summed E-state index contributed by atoms with van der Waals surface area (Å²) < 4.78 is 18.8. The fraction of sp³-hybridized carbons (Fsp3) is 0.318. The summed E-state index contributed by atoms with van der Waals surface area (Å²) in [6, 6.07) is 15.8. The van der Waals surface area contributed by atoms with E-state index in [2.05, 4.69) is 18.2 Å². The first-order chi connectivity index (χ1) is 13.2. The standard InChI is InChI=1S/C22H23NO4/c1-23-12-18(6-7-22(23)24)21-11-19(10-17-4-2-3-5-20(17)21)27-15-16-13-25-8-9-26-14-16/h2-7,10-12,16H,8-9,13-15H2,1H3. The molecule has 0 atom stereocenters. The summed E-state index contributed by atoms with van der Waals surface area (Å²) in [6.45, 7) is 3.14. The van der Waals surface area contributed by atoms with Crippen LogP contribution in [0.3, 0.4) is 0 Å². The summed E-state index contributed by atoms with van der Waals surface area (Å²) in [6.07, 6.45) is 1.86. The van der Waals surface area contributed by atoms with E-state index in [9.17, 15) is 4.79 Å². The lowest BCUT2D eigenvalue weighted by Gasteiger charge is -2.16. The van der Waals surface area contributed by atoms with E-state index in [0.29, 0.717) is 33.0 Å². The molecule has 0 spiro atoms. The quantitative estimate of drug-likeness (QED) is 0.712. The number of rotatable bonds is 4. The van der Waals surface area contributed by atoms with Crippen LogP contribution in [0.1, 0.15) is 0 Å². The van der Waals surface area contributed by atoms with E-state index < -0.39 is 0 Å². The first-order valence-corrected chi connectivity index (χ1v) is 9.19. The van der Waals surface area contributed by atoms with Gasteiger partial charge in [-0.25, -0.2) is 0 Å². The van der Waals surface area contributed by atoms with Gasteiger partial charge in [-0.3, -0.25) is 4.79 Å². The number of aromatic nitrogens is 1. The van der Waals surface area contributed by atoms with Crippen molar-refractivity contribution >= 4 is 10.8 Å². The normalized spacial score (nSPS) is 15.6. The van der Waals surface area contributed by atoms with Crippen molar-refractivity contribution in [3.63, 3.8) is 0 Å². The van der Waals surface area contributed by atoms with Crippen molar-refractivity contribution in [2.75, 3.05) is 33.0 Å². The van der Waals surface area contributed by atoms with Gasteiger partial charge in [-0.05, 0) is 40.1 Å². The topological polar surface area (TPSA) is 49.7 Å². The molecule has 0 amide bonds. The highest BCUT2D eigenvalue weighted by molar-refractivity contribution is 5.97. The van der Waals surface area contributed by atoms with Crippen LogP contribution in [0, 0.1) is 5.92 Å². The molecule has 0 bridgehead atoms. The maximum atomic E-state index is 11.8. The van der Waals surface area contributed by atoms with Gasteiger partial charge in [0.25, 0.3) is 0 Å². The van der Waals surface area contributed by atoms with Gasteiger partial charge in [-0.1, -0.05) is 24.3 Å². The van der Waals surface area contributed by atoms with Gasteiger partial charge in [-0.2, -0.15) is 0 Å². The minimum Gasteiger partial charge on any atom is -0.493 e. The number of hydrogen-bond donors (Lipinski definition) is 0. The molecule has 5 nitrogen and oxygen atoms in total. The van der Waals surface area contributed by atoms with Crippen LogP contribution in [-0.2, 0) is 16.5 Å². The molecule has 0 N–H and O–H groups in total. The number of aryl methyl sites for hydroxylation is 1. The predicted molar refractivity (Wildman–Crippen MR) is 105 cm³/mol. The van der Waals surface area contributed by atoms with Crippen LogP contribution >= 0.6 is 0 Å². The fourth-order valence-corrected chi connectivity index (χ4v) is 3.33. The summed E-state index contributed by atoms with van der Waals surface area (Å²) in [7, 11) is 1.76. The van der Waals surface area contributed by atoms with Gasteiger partial charge in [0.15, 0.2) is 0 Å². The highest BCUT2D eigenvalue weighted by atomic mass is 16.5. The molecule has 1 fully saturated rings. The lowest BCUT2D eigenvalue weighted by molar-refractivity contribution is 0.101. The van der Waals surface area contributed by atoms with E-state index in [1.165, 1.54) is 0 Å². The van der Waals surface area contributed by atoms with Gasteiger partial charge >= 0.3 is 0 Å². The van der Waals surface area contributed by atoms with Crippen molar-refractivity contribution in [2.24, 2.45) is 13.0 Å². The second-order valence-electron chi connectivity index (χ2n) is 6.89. The fourth-order valence-electron chi connectivity index (χ4n) is 3.33. The molecule has 2 heterocycles. The molecule has 2 aromatic carbocycles. The van der Waals surface area contributed by atoms with Gasteiger partial charge in [0.2, 0.25) is 5.56 Å². The third-order valence-corrected chi connectivity index (χ3v) is 4.80. The van der Waals surface area contributed by atoms with Crippen molar-refractivity contribution in [2.45, 2.75) is 0 Å². The van der Waals surface area contributed by atoms with E-state index in [1.807, 2.05) is 30.5 Å². The van der Waals surface area contributed by atoms with Crippen LogP contribution in [0.4, 0.5) is 0 Å². The minimum atomic E-state index is -0.0242. The van der Waals surface area contributed by atoms with Crippen LogP contribution in [0.2, 0.25) is 0 Å². The molecule has 140 valence electrons. The molecule has 0 unspecified atom stereocenters. The maximum absolute atomic E-state index is 11.8. The largest absolute Gasteiger partial charge is 0.493 e. The molecule has 1 aliphatic rings. The van der Waals surface area contributed by atoms with Crippen molar-refractivity contribution in [3.8, 4) is 16.9 Å². The number of hydrogen-bond acceptors (Lipinski definition) is 4. The van der Waals surface area contributed by atoms with Gasteiger partial charge in [0.1, 0.15) is 5.75 Å². The molecule has 1 aliphatic heterocycles. The SMILES string of the molecule is Cn1cc(-c2cc(OCC3COCCOC3)cc3ccccc23)ccc1=O. The summed E-state index contributed by atoms with van der Waals surface area (Å²) in [5.74, 6) is 1.03. The number of ether oxygens (including phenoxy) is 3. The van der Waals surface area contributed by atoms with Crippen LogP contribution in [0.5, 0.6) is 5.75 Å². The molecule has 0 saturated carbocycles. The molecular formula is C22H23NO4. The Hall–Kier alpha value is -2.63. The second-order valence-corrected chi connectivity index (χ2v) is 6.89. The Labute approximate surface area is 158 Å². The molecule has 27 heavy (non-hydrogen) atoms. The Morgan fingerprint density at radius 1 is 1.07 bits per heavy atom. The Morgan fingerprint density at radius 3 is 2.63 bits per heavy atom. The molecule has 4 rings (SSSR count). The van der Waals surface area contributed by atoms with Crippen LogP contribution in [-0.4, -0.2) is 37.6 Å². The molecule has 3 aromatic rings. The van der Waals surface area contributed by atoms with E-state index in [4.69, 9.17) is 14.2 Å². The summed E-state index contributed by atoms with van der Waals surface area (Å²) in [4.78, 5) is 11.8. The lowest BCUT2D eigenvalue weighted by atomic mass is 9.99. The molecule has 1 aromatic heterocycles. The van der Waals surface area contributed by atoms with E-state index >= 15 is 0 Å². The minimum absolute atomic E-state index is 0.0242. The third kappa shape index (κ3) is 4.04. The molecule has 1 saturated heterocycles. The number of benzene rings is 2. The predicted octanol–water partition coefficient (Wildman–Crippen LogP) is 3.25. The zero-order valence-electron chi connectivity index (χ0n) is 15.4.